The van der Waals surface area contributed by atoms with Crippen LogP contribution in [0.2, 0.25) is 5.02 Å². The van der Waals surface area contributed by atoms with Crippen molar-refractivity contribution in [3.05, 3.63) is 63.8 Å². The lowest BCUT2D eigenvalue weighted by atomic mass is 9.65. The third-order valence-electron chi connectivity index (χ3n) is 7.19. The average Bonchev–Trinajstić information content (AvgIpc) is 2.84. The number of ether oxygens (including phenoxy) is 1. The van der Waals surface area contributed by atoms with Crippen molar-refractivity contribution in [1.82, 2.24) is 14.9 Å². The fourth-order valence-electron chi connectivity index (χ4n) is 5.08. The number of allylic oxidation sites excluding steroid dienone is 4. The molecule has 0 radical (unpaired) electrons. The van der Waals surface area contributed by atoms with Gasteiger partial charge in [0.05, 0.1) is 5.02 Å². The second-order valence-corrected chi connectivity index (χ2v) is 12.8. The molecule has 12 heteroatoms. The topological polar surface area (TPSA) is 84.4 Å². The molecule has 1 fully saturated rings. The Bertz CT molecular complexity index is 1320. The minimum absolute atomic E-state index is 0.00769. The Morgan fingerprint density at radius 2 is 1.95 bits per heavy atom. The largest absolute Gasteiger partial charge is 0.487 e. The molecular formula is C25H28Cl3FN4O3S. The second kappa shape index (κ2) is 11.1. The maximum Gasteiger partial charge on any atom is 0.266 e. The number of hydrogen-bond acceptors (Lipinski definition) is 6. The molecule has 1 saturated carbocycles. The van der Waals surface area contributed by atoms with Gasteiger partial charge in [-0.3, -0.25) is 4.72 Å². The number of nitrogens with zero attached hydrogens (tertiary/aromatic N) is 3. The van der Waals surface area contributed by atoms with Crippen molar-refractivity contribution >= 4 is 50.6 Å². The highest BCUT2D eigenvalue weighted by Gasteiger charge is 2.45. The molecule has 2 aliphatic carbocycles. The Hall–Kier alpha value is -1.91. The first-order chi connectivity index (χ1) is 17.4. The Labute approximate surface area is 231 Å². The van der Waals surface area contributed by atoms with Crippen LogP contribution >= 0.6 is 34.8 Å². The number of likely N-dealkylation sites (N-methyl/N-ethyl adjacent to an activating group) is 1. The van der Waals surface area contributed by atoms with Gasteiger partial charge in [0, 0.05) is 33.8 Å². The van der Waals surface area contributed by atoms with E-state index in [4.69, 9.17) is 39.5 Å². The first-order valence-electron chi connectivity index (χ1n) is 11.7. The van der Waals surface area contributed by atoms with Gasteiger partial charge < -0.3 is 9.64 Å². The van der Waals surface area contributed by atoms with Crippen LogP contribution in [0.15, 0.2) is 57.8 Å². The molecular weight excluding hydrogens is 562 g/mol. The molecule has 4 atom stereocenters. The number of nitrogens with one attached hydrogen (secondary N) is 1. The van der Waals surface area contributed by atoms with E-state index in [0.717, 1.165) is 35.0 Å². The van der Waals surface area contributed by atoms with Gasteiger partial charge in [0.15, 0.2) is 0 Å². The molecule has 0 aliphatic heterocycles. The minimum atomic E-state index is -4.27. The molecule has 200 valence electrons. The van der Waals surface area contributed by atoms with Crippen LogP contribution in [-0.2, 0) is 10.0 Å². The van der Waals surface area contributed by atoms with Crippen molar-refractivity contribution in [2.24, 2.45) is 11.3 Å². The summed E-state index contributed by atoms with van der Waals surface area (Å²) in [5, 5.41) is 1.56. The number of hydrogen-bond donors (Lipinski definition) is 1. The monoisotopic (exact) mass is 588 g/mol. The fourth-order valence-corrected chi connectivity index (χ4v) is 7.07. The summed E-state index contributed by atoms with van der Waals surface area (Å²) in [6, 6.07) is 3.41. The van der Waals surface area contributed by atoms with E-state index in [1.54, 1.807) is 0 Å². The van der Waals surface area contributed by atoms with E-state index in [1.165, 1.54) is 18.6 Å². The van der Waals surface area contributed by atoms with Gasteiger partial charge in [0.2, 0.25) is 0 Å². The molecule has 2 aliphatic rings. The summed E-state index contributed by atoms with van der Waals surface area (Å²) in [4.78, 5) is 9.01. The molecule has 1 unspecified atom stereocenters. The number of anilines is 1. The highest BCUT2D eigenvalue weighted by molar-refractivity contribution is 7.92. The molecule has 0 bridgehead atoms. The van der Waals surface area contributed by atoms with Crippen LogP contribution in [0.25, 0.3) is 0 Å². The molecule has 2 aromatic rings. The lowest BCUT2D eigenvalue weighted by Gasteiger charge is -2.47. The standard InChI is InChI=1S/C25H28Cl3FN4O3S/c1-25(13-16(26)5-7-23(25)28)15-4-6-20(19(10-15)33(2)3)36-21-12-18(29)22(11-17(21)27)37(34,35)32-24-8-9-30-14-31-24/h5,7-9,11-12,14-15,19-20H,4,6,10,13H2,1-3H3,(H,30,31,32)/t15-,19-,20-,25?/m0/s1. The van der Waals surface area contributed by atoms with Crippen LogP contribution in [-0.4, -0.2) is 49.5 Å². The summed E-state index contributed by atoms with van der Waals surface area (Å²) >= 11 is 19.4. The summed E-state index contributed by atoms with van der Waals surface area (Å²) < 4.78 is 48.9. The van der Waals surface area contributed by atoms with Crippen molar-refractivity contribution in [3.8, 4) is 5.75 Å². The molecule has 7 nitrogen and oxygen atoms in total. The van der Waals surface area contributed by atoms with Crippen molar-refractivity contribution in [2.75, 3.05) is 18.8 Å². The average molecular weight is 590 g/mol. The predicted molar refractivity (Wildman–Crippen MR) is 144 cm³/mol. The molecule has 1 heterocycles. The number of sulfonamides is 1. The SMILES string of the molecule is CN(C)[C@H]1C[C@@H](C2(C)CC(Cl)=CC=C2Cl)CC[C@@H]1Oc1cc(F)c(S(=O)(=O)Nc2ccncn2)cc1Cl. The Balaban J connectivity index is 1.53. The van der Waals surface area contributed by atoms with Gasteiger partial charge >= 0.3 is 0 Å². The third-order valence-corrected chi connectivity index (χ3v) is 9.67. The van der Waals surface area contributed by atoms with E-state index in [1.807, 2.05) is 26.2 Å². The Kier molecular flexibility index (Phi) is 8.40. The smallest absolute Gasteiger partial charge is 0.266 e. The fraction of sp³-hybridized carbons (Fsp3) is 0.440. The molecule has 0 amide bonds. The van der Waals surface area contributed by atoms with E-state index in [0.29, 0.717) is 12.8 Å². The number of halogens is 4. The van der Waals surface area contributed by atoms with E-state index in [2.05, 4.69) is 26.5 Å². The lowest BCUT2D eigenvalue weighted by Crippen LogP contribution is -2.49. The van der Waals surface area contributed by atoms with Gasteiger partial charge in [0.25, 0.3) is 10.0 Å². The van der Waals surface area contributed by atoms with Crippen LogP contribution < -0.4 is 9.46 Å². The van der Waals surface area contributed by atoms with Crippen molar-refractivity contribution < 1.29 is 17.5 Å². The molecule has 0 saturated heterocycles. The highest BCUT2D eigenvalue weighted by Crippen LogP contribution is 2.52. The zero-order chi connectivity index (χ0) is 27.0. The Morgan fingerprint density at radius 1 is 1.19 bits per heavy atom. The molecule has 4 rings (SSSR count). The van der Waals surface area contributed by atoms with Crippen LogP contribution in [0.1, 0.15) is 32.6 Å². The molecule has 1 aromatic heterocycles. The van der Waals surface area contributed by atoms with Crippen LogP contribution in [0.5, 0.6) is 5.75 Å². The van der Waals surface area contributed by atoms with Gasteiger partial charge in [-0.05, 0) is 70.0 Å². The minimum Gasteiger partial charge on any atom is -0.487 e. The summed E-state index contributed by atoms with van der Waals surface area (Å²) in [6.45, 7) is 2.14. The zero-order valence-electron chi connectivity index (χ0n) is 20.6. The van der Waals surface area contributed by atoms with Crippen LogP contribution in [0.3, 0.4) is 0 Å². The van der Waals surface area contributed by atoms with Gasteiger partial charge in [-0.1, -0.05) is 41.7 Å². The first kappa shape index (κ1) is 28.1. The zero-order valence-corrected chi connectivity index (χ0v) is 23.7. The van der Waals surface area contributed by atoms with Gasteiger partial charge in [0.1, 0.15) is 34.7 Å². The number of aromatic nitrogens is 2. The van der Waals surface area contributed by atoms with E-state index in [9.17, 15) is 8.42 Å². The van der Waals surface area contributed by atoms with Crippen molar-refractivity contribution in [3.63, 3.8) is 0 Å². The van der Waals surface area contributed by atoms with E-state index >= 15 is 4.39 Å². The summed E-state index contributed by atoms with van der Waals surface area (Å²) in [7, 11) is -0.342. The first-order valence-corrected chi connectivity index (χ1v) is 14.4. The van der Waals surface area contributed by atoms with Crippen molar-refractivity contribution in [1.29, 1.82) is 0 Å². The maximum absolute atomic E-state index is 15.0. The Morgan fingerprint density at radius 3 is 2.62 bits per heavy atom. The van der Waals surface area contributed by atoms with Gasteiger partial charge in [-0.15, -0.1) is 0 Å². The lowest BCUT2D eigenvalue weighted by molar-refractivity contribution is 0.0165. The number of benzene rings is 1. The van der Waals surface area contributed by atoms with Crippen molar-refractivity contribution in [2.45, 2.75) is 49.6 Å². The van der Waals surface area contributed by atoms with Crippen LogP contribution in [0.4, 0.5) is 10.2 Å². The number of rotatable bonds is 7. The molecule has 1 aromatic carbocycles. The summed E-state index contributed by atoms with van der Waals surface area (Å²) in [5.74, 6) is -0.624. The summed E-state index contributed by atoms with van der Waals surface area (Å²) in [5.41, 5.74) is -0.275. The molecule has 0 spiro atoms. The third kappa shape index (κ3) is 6.06. The maximum atomic E-state index is 15.0. The molecule has 37 heavy (non-hydrogen) atoms. The van der Waals surface area contributed by atoms with E-state index in [-0.39, 0.29) is 40.1 Å². The predicted octanol–water partition coefficient (Wildman–Crippen LogP) is 6.20. The highest BCUT2D eigenvalue weighted by atomic mass is 35.5. The van der Waals surface area contributed by atoms with E-state index < -0.39 is 20.7 Å². The van der Waals surface area contributed by atoms with Gasteiger partial charge in [-0.25, -0.2) is 22.8 Å². The normalized spacial score (nSPS) is 26.4. The summed E-state index contributed by atoms with van der Waals surface area (Å²) in [6.07, 6.45) is 8.95. The quantitative estimate of drug-likeness (QED) is 0.414. The van der Waals surface area contributed by atoms with Crippen LogP contribution in [0, 0.1) is 17.2 Å². The molecule has 1 N–H and O–H groups in total. The van der Waals surface area contributed by atoms with Gasteiger partial charge in [-0.2, -0.15) is 0 Å². The second-order valence-electron chi connectivity index (χ2n) is 9.83.